The summed E-state index contributed by atoms with van der Waals surface area (Å²) < 4.78 is 27.8. The number of benzene rings is 1. The van der Waals surface area contributed by atoms with Crippen molar-refractivity contribution < 1.29 is 13.9 Å². The Kier molecular flexibility index (Phi) is 3.00. The molecular formula is C11H15F2NO. The fraction of sp³-hybridized carbons (Fsp3) is 0.455. The van der Waals surface area contributed by atoms with Gasteiger partial charge in [-0.1, -0.05) is 26.0 Å². The summed E-state index contributed by atoms with van der Waals surface area (Å²) in [6.45, 7) is 2.67. The first-order chi connectivity index (χ1) is 6.81. The van der Waals surface area contributed by atoms with Crippen molar-refractivity contribution in [3.63, 3.8) is 0 Å². The van der Waals surface area contributed by atoms with E-state index in [0.29, 0.717) is 0 Å². The fourth-order valence-electron chi connectivity index (χ4n) is 1.22. The lowest BCUT2D eigenvalue weighted by Gasteiger charge is -2.33. The molecule has 0 saturated heterocycles. The number of rotatable bonds is 3. The lowest BCUT2D eigenvalue weighted by atomic mass is 9.81. The summed E-state index contributed by atoms with van der Waals surface area (Å²) in [4.78, 5) is 0. The van der Waals surface area contributed by atoms with Gasteiger partial charge in [-0.2, -0.15) is 0 Å². The van der Waals surface area contributed by atoms with Crippen LogP contribution in [0.2, 0.25) is 0 Å². The van der Waals surface area contributed by atoms with Crippen molar-refractivity contribution in [2.24, 2.45) is 11.1 Å². The van der Waals surface area contributed by atoms with Crippen LogP contribution in [0.15, 0.2) is 24.3 Å². The van der Waals surface area contributed by atoms with Gasteiger partial charge in [-0.05, 0) is 12.1 Å². The van der Waals surface area contributed by atoms with Crippen molar-refractivity contribution >= 4 is 0 Å². The first-order valence-electron chi connectivity index (χ1n) is 4.68. The second-order valence-electron chi connectivity index (χ2n) is 4.21. The molecule has 0 unspecified atom stereocenters. The lowest BCUT2D eigenvalue weighted by molar-refractivity contribution is -0.108. The van der Waals surface area contributed by atoms with Gasteiger partial charge in [0.15, 0.2) is 0 Å². The van der Waals surface area contributed by atoms with Gasteiger partial charge < -0.3 is 10.8 Å². The van der Waals surface area contributed by atoms with Crippen LogP contribution in [0.4, 0.5) is 8.78 Å². The van der Waals surface area contributed by atoms with Crippen molar-refractivity contribution in [3.05, 3.63) is 29.8 Å². The molecule has 15 heavy (non-hydrogen) atoms. The van der Waals surface area contributed by atoms with E-state index in [1.807, 2.05) is 0 Å². The van der Waals surface area contributed by atoms with Crippen LogP contribution >= 0.6 is 0 Å². The highest BCUT2D eigenvalue weighted by Crippen LogP contribution is 2.44. The van der Waals surface area contributed by atoms with Gasteiger partial charge in [-0.3, -0.25) is 0 Å². The molecule has 3 N–H and O–H groups in total. The average Bonchev–Trinajstić information content (AvgIpc) is 2.17. The Morgan fingerprint density at radius 2 is 1.93 bits per heavy atom. The van der Waals surface area contributed by atoms with Crippen molar-refractivity contribution in [3.8, 4) is 5.75 Å². The molecule has 1 aromatic rings. The highest BCUT2D eigenvalue weighted by molar-refractivity contribution is 5.31. The maximum Gasteiger partial charge on any atom is 0.279 e. The summed E-state index contributed by atoms with van der Waals surface area (Å²) in [6, 6.07) is 5.11. The predicted molar refractivity (Wildman–Crippen MR) is 54.8 cm³/mol. The Balaban J connectivity index is 3.16. The Bertz CT molecular complexity index is 350. The number of hydrogen-bond acceptors (Lipinski definition) is 2. The first-order valence-corrected chi connectivity index (χ1v) is 4.68. The van der Waals surface area contributed by atoms with Gasteiger partial charge in [0.25, 0.3) is 5.92 Å². The molecule has 0 aliphatic heterocycles. The Morgan fingerprint density at radius 1 is 1.33 bits per heavy atom. The zero-order chi connectivity index (χ0) is 11.7. The van der Waals surface area contributed by atoms with Gasteiger partial charge >= 0.3 is 0 Å². The van der Waals surface area contributed by atoms with Gasteiger partial charge in [0.05, 0.1) is 0 Å². The minimum Gasteiger partial charge on any atom is -0.508 e. The van der Waals surface area contributed by atoms with Crippen LogP contribution in [0, 0.1) is 5.41 Å². The minimum atomic E-state index is -3.06. The topological polar surface area (TPSA) is 46.2 Å². The maximum atomic E-state index is 13.9. The summed E-state index contributed by atoms with van der Waals surface area (Å²) >= 11 is 0. The third-order valence-corrected chi connectivity index (χ3v) is 2.57. The molecule has 84 valence electrons. The third-order valence-electron chi connectivity index (χ3n) is 2.57. The second kappa shape index (κ2) is 3.77. The zero-order valence-corrected chi connectivity index (χ0v) is 8.80. The fourth-order valence-corrected chi connectivity index (χ4v) is 1.22. The van der Waals surface area contributed by atoms with E-state index >= 15 is 0 Å². The van der Waals surface area contributed by atoms with Gasteiger partial charge in [0.2, 0.25) is 0 Å². The molecule has 1 rings (SSSR count). The molecule has 0 heterocycles. The molecular weight excluding hydrogens is 200 g/mol. The quantitative estimate of drug-likeness (QED) is 0.813. The molecule has 0 radical (unpaired) electrons. The zero-order valence-electron chi connectivity index (χ0n) is 8.80. The van der Waals surface area contributed by atoms with E-state index in [1.165, 1.54) is 32.0 Å². The van der Waals surface area contributed by atoms with Gasteiger partial charge in [0.1, 0.15) is 5.75 Å². The van der Waals surface area contributed by atoms with Crippen molar-refractivity contribution in [2.75, 3.05) is 6.54 Å². The van der Waals surface area contributed by atoms with E-state index in [1.54, 1.807) is 0 Å². The van der Waals surface area contributed by atoms with E-state index in [4.69, 9.17) is 10.8 Å². The van der Waals surface area contributed by atoms with Crippen LogP contribution < -0.4 is 5.73 Å². The van der Waals surface area contributed by atoms with Crippen LogP contribution in [-0.4, -0.2) is 11.7 Å². The number of phenols is 1. The van der Waals surface area contributed by atoms with E-state index in [-0.39, 0.29) is 17.9 Å². The number of phenolic OH excluding ortho intramolecular Hbond substituents is 1. The van der Waals surface area contributed by atoms with Crippen LogP contribution in [0.5, 0.6) is 5.75 Å². The van der Waals surface area contributed by atoms with Crippen LogP contribution in [0.1, 0.15) is 19.4 Å². The SMILES string of the molecule is CC(C)(CN)C(F)(F)c1cccc(O)c1. The molecule has 0 amide bonds. The molecule has 0 aromatic heterocycles. The van der Waals surface area contributed by atoms with Gasteiger partial charge in [-0.25, -0.2) is 8.78 Å². The summed E-state index contributed by atoms with van der Waals surface area (Å²) in [5.41, 5.74) is 3.78. The molecule has 4 heteroatoms. The maximum absolute atomic E-state index is 13.9. The molecule has 0 spiro atoms. The molecule has 0 saturated carbocycles. The number of halogens is 2. The van der Waals surface area contributed by atoms with E-state index < -0.39 is 11.3 Å². The number of hydrogen-bond donors (Lipinski definition) is 2. The van der Waals surface area contributed by atoms with Crippen molar-refractivity contribution in [1.29, 1.82) is 0 Å². The Hall–Kier alpha value is -1.16. The summed E-state index contributed by atoms with van der Waals surface area (Å²) in [6.07, 6.45) is 0. The number of alkyl halides is 2. The average molecular weight is 215 g/mol. The molecule has 0 aliphatic carbocycles. The molecule has 0 aliphatic rings. The highest BCUT2D eigenvalue weighted by atomic mass is 19.3. The predicted octanol–water partition coefficient (Wildman–Crippen LogP) is 2.47. The largest absolute Gasteiger partial charge is 0.508 e. The smallest absolute Gasteiger partial charge is 0.279 e. The second-order valence-corrected chi connectivity index (χ2v) is 4.21. The summed E-state index contributed by atoms with van der Waals surface area (Å²) in [5.74, 6) is -3.22. The van der Waals surface area contributed by atoms with E-state index in [9.17, 15) is 8.78 Å². The lowest BCUT2D eigenvalue weighted by Crippen LogP contribution is -2.40. The van der Waals surface area contributed by atoms with Crippen LogP contribution in [0.25, 0.3) is 0 Å². The van der Waals surface area contributed by atoms with Crippen molar-refractivity contribution in [2.45, 2.75) is 19.8 Å². The number of aromatic hydroxyl groups is 1. The number of nitrogens with two attached hydrogens (primary N) is 1. The van der Waals surface area contributed by atoms with Crippen molar-refractivity contribution in [1.82, 2.24) is 0 Å². The highest BCUT2D eigenvalue weighted by Gasteiger charge is 2.47. The first kappa shape index (κ1) is 11.9. The molecule has 2 nitrogen and oxygen atoms in total. The molecule has 0 fully saturated rings. The van der Waals surface area contributed by atoms with Gasteiger partial charge in [-0.15, -0.1) is 0 Å². The van der Waals surface area contributed by atoms with Crippen LogP contribution in [0.3, 0.4) is 0 Å². The normalized spacial score (nSPS) is 12.9. The Morgan fingerprint density at radius 3 is 2.40 bits per heavy atom. The van der Waals surface area contributed by atoms with Crippen LogP contribution in [-0.2, 0) is 5.92 Å². The van der Waals surface area contributed by atoms with Gasteiger partial charge in [0, 0.05) is 17.5 Å². The Labute approximate surface area is 87.7 Å². The molecule has 1 aromatic carbocycles. The molecule has 0 bridgehead atoms. The van der Waals surface area contributed by atoms with E-state index in [2.05, 4.69) is 0 Å². The molecule has 0 atom stereocenters. The standard InChI is InChI=1S/C11H15F2NO/c1-10(2,7-14)11(12,13)8-4-3-5-9(15)6-8/h3-6,15H,7,14H2,1-2H3. The monoisotopic (exact) mass is 215 g/mol. The summed E-state index contributed by atoms with van der Waals surface area (Å²) in [7, 11) is 0. The summed E-state index contributed by atoms with van der Waals surface area (Å²) in [5, 5.41) is 9.15. The third kappa shape index (κ3) is 2.09. The minimum absolute atomic E-state index is 0.129. The van der Waals surface area contributed by atoms with E-state index in [0.717, 1.165) is 6.07 Å².